The van der Waals surface area contributed by atoms with Gasteiger partial charge < -0.3 is 15.4 Å². The van der Waals surface area contributed by atoms with Crippen LogP contribution in [0, 0.1) is 0 Å². The van der Waals surface area contributed by atoms with Gasteiger partial charge in [0.15, 0.2) is 5.96 Å². The normalized spacial score (nSPS) is 11.0. The minimum atomic E-state index is 0. The van der Waals surface area contributed by atoms with Crippen LogP contribution in [0.25, 0.3) is 0 Å². The van der Waals surface area contributed by atoms with Crippen LogP contribution in [0.15, 0.2) is 29.3 Å². The largest absolute Gasteiger partial charge is 0.382 e. The maximum atomic E-state index is 5.87. The van der Waals surface area contributed by atoms with Crippen LogP contribution >= 0.6 is 35.6 Å². The highest BCUT2D eigenvalue weighted by Gasteiger charge is 1.98. The molecule has 4 nitrogen and oxygen atoms in total. The Balaban J connectivity index is 0.00000441. The lowest BCUT2D eigenvalue weighted by atomic mass is 10.1. The molecule has 0 spiro atoms. The minimum absolute atomic E-state index is 0. The van der Waals surface area contributed by atoms with Gasteiger partial charge in [-0.15, -0.1) is 24.0 Å². The van der Waals surface area contributed by atoms with E-state index < -0.39 is 0 Å². The molecule has 0 atom stereocenters. The van der Waals surface area contributed by atoms with E-state index >= 15 is 0 Å². The summed E-state index contributed by atoms with van der Waals surface area (Å²) in [5.41, 5.74) is 1.26. The molecule has 0 radical (unpaired) electrons. The molecule has 0 saturated carbocycles. The van der Waals surface area contributed by atoms with Crippen LogP contribution in [0.3, 0.4) is 0 Å². The number of aliphatic imine (C=N–C) groups is 1. The van der Waals surface area contributed by atoms with E-state index in [9.17, 15) is 0 Å². The Bertz CT molecular complexity index is 412. The van der Waals surface area contributed by atoms with Gasteiger partial charge in [0, 0.05) is 38.4 Å². The smallest absolute Gasteiger partial charge is 0.190 e. The van der Waals surface area contributed by atoms with Crippen LogP contribution in [-0.2, 0) is 11.2 Å². The summed E-state index contributed by atoms with van der Waals surface area (Å²) in [7, 11) is 1.79. The molecule has 0 amide bonds. The topological polar surface area (TPSA) is 45.6 Å². The molecule has 0 aliphatic carbocycles. The fourth-order valence-electron chi connectivity index (χ4n) is 1.88. The molecule has 0 bridgehead atoms. The molecule has 126 valence electrons. The molecule has 1 aromatic rings. The molecular weight excluding hydrogens is 413 g/mol. The Morgan fingerprint density at radius 1 is 1.14 bits per heavy atom. The first kappa shape index (κ1) is 21.5. The fourth-order valence-corrected chi connectivity index (χ4v) is 2.00. The van der Waals surface area contributed by atoms with Crippen LogP contribution < -0.4 is 10.6 Å². The molecule has 0 fully saturated rings. The van der Waals surface area contributed by atoms with Crippen LogP contribution in [0.5, 0.6) is 0 Å². The van der Waals surface area contributed by atoms with Crippen LogP contribution in [0.1, 0.15) is 25.3 Å². The Hall–Kier alpha value is -0.530. The second-order valence-corrected chi connectivity index (χ2v) is 5.14. The fraction of sp³-hybridized carbons (Fsp3) is 0.562. The first-order valence-corrected chi connectivity index (χ1v) is 7.90. The van der Waals surface area contributed by atoms with Crippen molar-refractivity contribution in [3.05, 3.63) is 34.9 Å². The average molecular weight is 440 g/mol. The molecule has 0 aromatic heterocycles. The number of ether oxygens (including phenoxy) is 1. The van der Waals surface area contributed by atoms with E-state index in [2.05, 4.69) is 15.6 Å². The van der Waals surface area contributed by atoms with Gasteiger partial charge in [0.1, 0.15) is 0 Å². The van der Waals surface area contributed by atoms with Crippen molar-refractivity contribution in [3.8, 4) is 0 Å². The van der Waals surface area contributed by atoms with E-state index in [-0.39, 0.29) is 24.0 Å². The number of guanidine groups is 1. The van der Waals surface area contributed by atoms with E-state index in [4.69, 9.17) is 16.3 Å². The molecule has 0 aliphatic heterocycles. The Morgan fingerprint density at radius 3 is 2.45 bits per heavy atom. The number of hydrogen-bond acceptors (Lipinski definition) is 2. The standard InChI is InChI=1S/C16H26ClN3O.HI/c1-3-21-13-5-4-11-19-16(18-2)20-12-10-14-6-8-15(17)9-7-14;/h6-9H,3-5,10-13H2,1-2H3,(H2,18,19,20);1H. The number of halogens is 2. The molecule has 0 heterocycles. The molecule has 0 unspecified atom stereocenters. The Labute approximate surface area is 156 Å². The Morgan fingerprint density at radius 2 is 1.82 bits per heavy atom. The first-order chi connectivity index (χ1) is 10.3. The minimum Gasteiger partial charge on any atom is -0.382 e. The van der Waals surface area contributed by atoms with Gasteiger partial charge in [-0.3, -0.25) is 4.99 Å². The quantitative estimate of drug-likeness (QED) is 0.268. The lowest BCUT2D eigenvalue weighted by molar-refractivity contribution is 0.143. The molecule has 22 heavy (non-hydrogen) atoms. The monoisotopic (exact) mass is 439 g/mol. The van der Waals surface area contributed by atoms with Gasteiger partial charge >= 0.3 is 0 Å². The average Bonchev–Trinajstić information content (AvgIpc) is 2.50. The van der Waals surface area contributed by atoms with Gasteiger partial charge in [-0.1, -0.05) is 23.7 Å². The predicted molar refractivity (Wildman–Crippen MR) is 106 cm³/mol. The van der Waals surface area contributed by atoms with Crippen molar-refractivity contribution in [2.75, 3.05) is 33.4 Å². The summed E-state index contributed by atoms with van der Waals surface area (Å²) in [5, 5.41) is 7.39. The molecular formula is C16H27ClIN3O. The molecule has 1 aromatic carbocycles. The lowest BCUT2D eigenvalue weighted by Crippen LogP contribution is -2.38. The van der Waals surface area contributed by atoms with Gasteiger partial charge in [0.2, 0.25) is 0 Å². The number of hydrogen-bond donors (Lipinski definition) is 2. The highest BCUT2D eigenvalue weighted by atomic mass is 127. The zero-order valence-corrected chi connectivity index (χ0v) is 16.5. The maximum absolute atomic E-state index is 5.87. The number of nitrogens with zero attached hydrogens (tertiary/aromatic N) is 1. The van der Waals surface area contributed by atoms with Crippen molar-refractivity contribution >= 4 is 41.5 Å². The van der Waals surface area contributed by atoms with Crippen molar-refractivity contribution in [2.45, 2.75) is 26.2 Å². The van der Waals surface area contributed by atoms with E-state index in [0.717, 1.165) is 56.5 Å². The van der Waals surface area contributed by atoms with E-state index in [1.54, 1.807) is 7.05 Å². The molecule has 1 rings (SSSR count). The third-order valence-corrected chi connectivity index (χ3v) is 3.31. The summed E-state index contributed by atoms with van der Waals surface area (Å²) in [4.78, 5) is 4.21. The first-order valence-electron chi connectivity index (χ1n) is 7.53. The highest BCUT2D eigenvalue weighted by Crippen LogP contribution is 2.09. The zero-order valence-electron chi connectivity index (χ0n) is 13.4. The summed E-state index contributed by atoms with van der Waals surface area (Å²) in [5.74, 6) is 0.848. The Kier molecular flexibility index (Phi) is 13.7. The zero-order chi connectivity index (χ0) is 15.3. The summed E-state index contributed by atoms with van der Waals surface area (Å²) >= 11 is 5.87. The molecule has 2 N–H and O–H groups in total. The van der Waals surface area contributed by atoms with E-state index in [0.29, 0.717) is 0 Å². The summed E-state index contributed by atoms with van der Waals surface area (Å²) in [6, 6.07) is 7.94. The second kappa shape index (κ2) is 14.1. The van der Waals surface area contributed by atoms with Crippen molar-refractivity contribution in [3.63, 3.8) is 0 Å². The van der Waals surface area contributed by atoms with Crippen LogP contribution in [0.2, 0.25) is 5.02 Å². The lowest BCUT2D eigenvalue weighted by Gasteiger charge is -2.12. The summed E-state index contributed by atoms with van der Waals surface area (Å²) in [6.07, 6.45) is 3.10. The van der Waals surface area contributed by atoms with Crippen molar-refractivity contribution in [2.24, 2.45) is 4.99 Å². The number of benzene rings is 1. The highest BCUT2D eigenvalue weighted by molar-refractivity contribution is 14.0. The predicted octanol–water partition coefficient (Wildman–Crippen LogP) is 3.48. The number of unbranched alkanes of at least 4 members (excludes halogenated alkanes) is 1. The molecule has 6 heteroatoms. The third-order valence-electron chi connectivity index (χ3n) is 3.06. The second-order valence-electron chi connectivity index (χ2n) is 4.71. The molecule has 0 aliphatic rings. The maximum Gasteiger partial charge on any atom is 0.190 e. The van der Waals surface area contributed by atoms with Gasteiger partial charge in [-0.05, 0) is 43.9 Å². The van der Waals surface area contributed by atoms with Crippen molar-refractivity contribution in [1.82, 2.24) is 10.6 Å². The van der Waals surface area contributed by atoms with Crippen molar-refractivity contribution in [1.29, 1.82) is 0 Å². The third kappa shape index (κ3) is 10.2. The van der Waals surface area contributed by atoms with E-state index in [1.165, 1.54) is 5.56 Å². The SMILES string of the molecule is CCOCCCCNC(=NC)NCCc1ccc(Cl)cc1.I. The number of rotatable bonds is 9. The number of nitrogens with one attached hydrogen (secondary N) is 2. The summed E-state index contributed by atoms with van der Waals surface area (Å²) < 4.78 is 5.31. The van der Waals surface area contributed by atoms with Crippen LogP contribution in [-0.4, -0.2) is 39.3 Å². The van der Waals surface area contributed by atoms with Gasteiger partial charge in [0.25, 0.3) is 0 Å². The van der Waals surface area contributed by atoms with Crippen LogP contribution in [0.4, 0.5) is 0 Å². The van der Waals surface area contributed by atoms with E-state index in [1.807, 2.05) is 31.2 Å². The molecule has 0 saturated heterocycles. The van der Waals surface area contributed by atoms with Gasteiger partial charge in [0.05, 0.1) is 0 Å². The summed E-state index contributed by atoms with van der Waals surface area (Å²) in [6.45, 7) is 5.40. The van der Waals surface area contributed by atoms with Gasteiger partial charge in [-0.2, -0.15) is 0 Å². The van der Waals surface area contributed by atoms with Gasteiger partial charge in [-0.25, -0.2) is 0 Å². The van der Waals surface area contributed by atoms with Crippen molar-refractivity contribution < 1.29 is 4.74 Å².